The Kier molecular flexibility index (Phi) is 4.99. The predicted molar refractivity (Wildman–Crippen MR) is 103 cm³/mol. The van der Waals surface area contributed by atoms with Gasteiger partial charge < -0.3 is 14.8 Å². The summed E-state index contributed by atoms with van der Waals surface area (Å²) in [6, 6.07) is 12.4. The van der Waals surface area contributed by atoms with E-state index in [1.807, 2.05) is 36.4 Å². The summed E-state index contributed by atoms with van der Waals surface area (Å²) in [5.74, 6) is 0.984. The molecule has 2 aromatic rings. The quantitative estimate of drug-likeness (QED) is 0.825. The Morgan fingerprint density at radius 1 is 1.14 bits per heavy atom. The lowest BCUT2D eigenvalue weighted by atomic mass is 9.95. The van der Waals surface area contributed by atoms with Crippen LogP contribution in [0, 0.1) is 0 Å². The van der Waals surface area contributed by atoms with Crippen LogP contribution in [-0.4, -0.2) is 37.2 Å². The van der Waals surface area contributed by atoms with Gasteiger partial charge in [-0.1, -0.05) is 30.3 Å². The maximum absolute atomic E-state index is 12.9. The van der Waals surface area contributed by atoms with Crippen molar-refractivity contribution in [3.63, 3.8) is 0 Å². The first-order valence-corrected chi connectivity index (χ1v) is 10.8. The van der Waals surface area contributed by atoms with Crippen molar-refractivity contribution >= 4 is 15.9 Å². The van der Waals surface area contributed by atoms with Gasteiger partial charge >= 0.3 is 0 Å². The van der Waals surface area contributed by atoms with Gasteiger partial charge in [-0.15, -0.1) is 0 Å². The van der Waals surface area contributed by atoms with Crippen LogP contribution in [0.3, 0.4) is 0 Å². The molecular formula is C20H22N2O5S. The second kappa shape index (κ2) is 7.44. The number of ether oxygens (including phenoxy) is 2. The van der Waals surface area contributed by atoms with E-state index in [2.05, 4.69) is 5.32 Å². The summed E-state index contributed by atoms with van der Waals surface area (Å²) in [5.41, 5.74) is 2.81. The van der Waals surface area contributed by atoms with Gasteiger partial charge in [0.15, 0.2) is 11.5 Å². The smallest absolute Gasteiger partial charge is 0.239 e. The predicted octanol–water partition coefficient (Wildman–Crippen LogP) is 1.81. The van der Waals surface area contributed by atoms with Crippen LogP contribution in [0.2, 0.25) is 0 Å². The number of nitrogens with one attached hydrogen (secondary N) is 1. The second-order valence-corrected chi connectivity index (χ2v) is 9.05. The average molecular weight is 402 g/mol. The summed E-state index contributed by atoms with van der Waals surface area (Å²) in [6.07, 6.45) is 0.363. The first-order chi connectivity index (χ1) is 13.5. The molecular weight excluding hydrogens is 380 g/mol. The fraction of sp³-hybridized carbons (Fsp3) is 0.350. The molecule has 0 radical (unpaired) electrons. The molecule has 2 aliphatic heterocycles. The standard InChI is InChI=1S/C20H22N2O5S/c1-2-28(24,25)22-12-16-6-4-3-5-15(16)10-17(22)20(23)21-11-14-7-8-18-19(9-14)27-13-26-18/h3-9,17H,2,10-13H2,1H3,(H,21,23)/t17-/m1/s1. The largest absolute Gasteiger partial charge is 0.454 e. The van der Waals surface area contributed by atoms with Crippen LogP contribution >= 0.6 is 0 Å². The number of carbonyl (C=O) groups excluding carboxylic acids is 1. The summed E-state index contributed by atoms with van der Waals surface area (Å²) < 4.78 is 37.2. The summed E-state index contributed by atoms with van der Waals surface area (Å²) in [4.78, 5) is 12.9. The van der Waals surface area contributed by atoms with Crippen LogP contribution < -0.4 is 14.8 Å². The highest BCUT2D eigenvalue weighted by Crippen LogP contribution is 2.32. The van der Waals surface area contributed by atoms with E-state index in [9.17, 15) is 13.2 Å². The van der Waals surface area contributed by atoms with Crippen LogP contribution in [-0.2, 0) is 34.3 Å². The Balaban J connectivity index is 1.52. The van der Waals surface area contributed by atoms with Crippen LogP contribution in [0.15, 0.2) is 42.5 Å². The van der Waals surface area contributed by atoms with Gasteiger partial charge in [0.1, 0.15) is 6.04 Å². The fourth-order valence-electron chi connectivity index (χ4n) is 3.54. The number of benzene rings is 2. The number of carbonyl (C=O) groups is 1. The van der Waals surface area contributed by atoms with Crippen molar-refractivity contribution in [2.45, 2.75) is 32.5 Å². The molecule has 0 fully saturated rings. The normalized spacial score (nSPS) is 18.5. The molecule has 0 spiro atoms. The van der Waals surface area contributed by atoms with Gasteiger partial charge in [0.25, 0.3) is 0 Å². The van der Waals surface area contributed by atoms with Crippen molar-refractivity contribution < 1.29 is 22.7 Å². The number of hydrogen-bond donors (Lipinski definition) is 1. The Labute approximate surface area is 164 Å². The van der Waals surface area contributed by atoms with Gasteiger partial charge in [0.05, 0.1) is 5.75 Å². The molecule has 0 aromatic heterocycles. The fourth-order valence-corrected chi connectivity index (χ4v) is 4.76. The van der Waals surface area contributed by atoms with E-state index < -0.39 is 16.1 Å². The summed E-state index contributed by atoms with van der Waals surface area (Å²) in [6.45, 7) is 2.29. The van der Waals surface area contributed by atoms with E-state index in [1.54, 1.807) is 13.0 Å². The van der Waals surface area contributed by atoms with Crippen molar-refractivity contribution in [2.75, 3.05) is 12.5 Å². The number of nitrogens with zero attached hydrogens (tertiary/aromatic N) is 1. The van der Waals surface area contributed by atoms with Gasteiger partial charge in [0.2, 0.25) is 22.7 Å². The lowest BCUT2D eigenvalue weighted by Gasteiger charge is -2.34. The maximum Gasteiger partial charge on any atom is 0.239 e. The Morgan fingerprint density at radius 3 is 2.68 bits per heavy atom. The first kappa shape index (κ1) is 18.8. The maximum atomic E-state index is 12.9. The second-order valence-electron chi connectivity index (χ2n) is 6.84. The topological polar surface area (TPSA) is 84.9 Å². The van der Waals surface area contributed by atoms with Gasteiger partial charge in [-0.25, -0.2) is 8.42 Å². The molecule has 2 heterocycles. The molecule has 0 saturated heterocycles. The molecule has 0 aliphatic carbocycles. The minimum atomic E-state index is -3.51. The molecule has 1 N–H and O–H groups in total. The first-order valence-electron chi connectivity index (χ1n) is 9.20. The summed E-state index contributed by atoms with van der Waals surface area (Å²) in [5, 5.41) is 2.88. The molecule has 2 aromatic carbocycles. The molecule has 8 heteroatoms. The van der Waals surface area contributed by atoms with E-state index in [-0.39, 0.29) is 31.5 Å². The van der Waals surface area contributed by atoms with Gasteiger partial charge in [0, 0.05) is 13.1 Å². The lowest BCUT2D eigenvalue weighted by Crippen LogP contribution is -2.52. The number of rotatable bonds is 5. The average Bonchev–Trinajstić information content (AvgIpc) is 3.19. The molecule has 0 unspecified atom stereocenters. The Hall–Kier alpha value is -2.58. The van der Waals surface area contributed by atoms with Crippen molar-refractivity contribution in [3.05, 3.63) is 59.2 Å². The van der Waals surface area contributed by atoms with Gasteiger partial charge in [-0.2, -0.15) is 4.31 Å². The number of sulfonamides is 1. The zero-order valence-corrected chi connectivity index (χ0v) is 16.4. The van der Waals surface area contributed by atoms with E-state index in [4.69, 9.17) is 9.47 Å². The van der Waals surface area contributed by atoms with E-state index in [0.717, 1.165) is 16.7 Å². The summed E-state index contributed by atoms with van der Waals surface area (Å²) >= 11 is 0. The van der Waals surface area contributed by atoms with Crippen molar-refractivity contribution in [1.82, 2.24) is 9.62 Å². The van der Waals surface area contributed by atoms with Gasteiger partial charge in [-0.3, -0.25) is 4.79 Å². The number of amides is 1. The van der Waals surface area contributed by atoms with Crippen molar-refractivity contribution in [3.8, 4) is 11.5 Å². The van der Waals surface area contributed by atoms with E-state index in [1.165, 1.54) is 4.31 Å². The SMILES string of the molecule is CCS(=O)(=O)N1Cc2ccccc2C[C@@H]1C(=O)NCc1ccc2c(c1)OCO2. The van der Waals surface area contributed by atoms with Crippen LogP contribution in [0.4, 0.5) is 0 Å². The van der Waals surface area contributed by atoms with E-state index >= 15 is 0 Å². The molecule has 7 nitrogen and oxygen atoms in total. The molecule has 1 amide bonds. The Morgan fingerprint density at radius 2 is 1.89 bits per heavy atom. The zero-order chi connectivity index (χ0) is 19.7. The molecule has 0 bridgehead atoms. The van der Waals surface area contributed by atoms with Crippen LogP contribution in [0.25, 0.3) is 0 Å². The molecule has 148 valence electrons. The highest BCUT2D eigenvalue weighted by atomic mass is 32.2. The minimum absolute atomic E-state index is 0.0406. The molecule has 1 atom stereocenters. The highest BCUT2D eigenvalue weighted by molar-refractivity contribution is 7.89. The molecule has 2 aliphatic rings. The van der Waals surface area contributed by atoms with E-state index in [0.29, 0.717) is 17.9 Å². The number of fused-ring (bicyclic) bond motifs is 2. The monoisotopic (exact) mass is 402 g/mol. The third-order valence-corrected chi connectivity index (χ3v) is 6.96. The van der Waals surface area contributed by atoms with Crippen LogP contribution in [0.1, 0.15) is 23.6 Å². The lowest BCUT2D eigenvalue weighted by molar-refractivity contribution is -0.125. The third kappa shape index (κ3) is 3.57. The molecule has 28 heavy (non-hydrogen) atoms. The Bertz CT molecular complexity index is 1010. The third-order valence-electron chi connectivity index (χ3n) is 5.13. The summed E-state index contributed by atoms with van der Waals surface area (Å²) in [7, 11) is -3.51. The minimum Gasteiger partial charge on any atom is -0.454 e. The zero-order valence-electron chi connectivity index (χ0n) is 15.6. The van der Waals surface area contributed by atoms with Crippen molar-refractivity contribution in [1.29, 1.82) is 0 Å². The highest BCUT2D eigenvalue weighted by Gasteiger charge is 2.37. The van der Waals surface area contributed by atoms with Crippen molar-refractivity contribution in [2.24, 2.45) is 0 Å². The molecule has 0 saturated carbocycles. The van der Waals surface area contributed by atoms with Crippen LogP contribution in [0.5, 0.6) is 11.5 Å². The number of hydrogen-bond acceptors (Lipinski definition) is 5. The molecule has 4 rings (SSSR count). The van der Waals surface area contributed by atoms with Gasteiger partial charge in [-0.05, 0) is 42.2 Å².